The maximum absolute atomic E-state index is 7.81. The molecule has 0 saturated heterocycles. The van der Waals surface area contributed by atoms with Crippen LogP contribution in [0.15, 0.2) is 35.3 Å². The Morgan fingerprint density at radius 2 is 1.88 bits per heavy atom. The van der Waals surface area contributed by atoms with Crippen LogP contribution in [0.2, 0.25) is 0 Å². The molecule has 16 heavy (non-hydrogen) atoms. The summed E-state index contributed by atoms with van der Waals surface area (Å²) in [7, 11) is 0. The van der Waals surface area contributed by atoms with Gasteiger partial charge >= 0.3 is 0 Å². The van der Waals surface area contributed by atoms with E-state index in [1.807, 2.05) is 44.2 Å². The summed E-state index contributed by atoms with van der Waals surface area (Å²) in [5, 5.41) is 7.81. The molecule has 0 aliphatic heterocycles. The van der Waals surface area contributed by atoms with Gasteiger partial charge in [0.15, 0.2) is 5.84 Å². The van der Waals surface area contributed by atoms with E-state index in [1.165, 1.54) is 0 Å². The van der Waals surface area contributed by atoms with Crippen molar-refractivity contribution in [1.82, 2.24) is 0 Å². The highest BCUT2D eigenvalue weighted by molar-refractivity contribution is 6.05. The minimum Gasteiger partial charge on any atom is -0.387 e. The second kappa shape index (κ2) is 4.90. The van der Waals surface area contributed by atoms with Gasteiger partial charge in [0.05, 0.1) is 0 Å². The molecule has 0 saturated carbocycles. The quantitative estimate of drug-likeness (QED) is 0.528. The third-order valence-electron chi connectivity index (χ3n) is 2.48. The number of nitrogens with zero attached hydrogens (tertiary/aromatic N) is 1. The van der Waals surface area contributed by atoms with Gasteiger partial charge in [-0.05, 0) is 0 Å². The van der Waals surface area contributed by atoms with Crippen LogP contribution in [0.5, 0.6) is 0 Å². The van der Waals surface area contributed by atoms with Gasteiger partial charge < -0.3 is 11.5 Å². The fourth-order valence-electron chi connectivity index (χ4n) is 1.04. The number of hydrogen-bond acceptors (Lipinski definition) is 2. The smallest absolute Gasteiger partial charge is 0.153 e. The lowest BCUT2D eigenvalue weighted by Gasteiger charge is -2.21. The number of rotatable bonds is 3. The predicted octanol–water partition coefficient (Wildman–Crippen LogP) is 1.35. The fourth-order valence-corrected chi connectivity index (χ4v) is 1.04. The van der Waals surface area contributed by atoms with E-state index in [1.54, 1.807) is 0 Å². The summed E-state index contributed by atoms with van der Waals surface area (Å²) >= 11 is 0. The summed E-state index contributed by atoms with van der Waals surface area (Å²) in [6, 6.07) is 9.28. The van der Waals surface area contributed by atoms with E-state index >= 15 is 0 Å². The van der Waals surface area contributed by atoms with Crippen molar-refractivity contribution in [3.05, 3.63) is 35.9 Å². The number of amidine groups is 2. The van der Waals surface area contributed by atoms with Crippen molar-refractivity contribution in [2.75, 3.05) is 6.54 Å². The molecule has 0 unspecified atom stereocenters. The Labute approximate surface area is 95.9 Å². The number of benzene rings is 1. The minimum atomic E-state index is -0.374. The Balaban J connectivity index is 2.90. The van der Waals surface area contributed by atoms with E-state index in [0.29, 0.717) is 12.4 Å². The third-order valence-corrected chi connectivity index (χ3v) is 2.48. The van der Waals surface area contributed by atoms with Gasteiger partial charge in [-0.25, -0.2) is 4.99 Å². The lowest BCUT2D eigenvalue weighted by atomic mass is 9.92. The monoisotopic (exact) mass is 218 g/mol. The molecule has 1 aromatic rings. The summed E-state index contributed by atoms with van der Waals surface area (Å²) in [5.41, 5.74) is 11.8. The summed E-state index contributed by atoms with van der Waals surface area (Å²) in [6.07, 6.45) is 0. The molecule has 1 rings (SSSR count). The van der Waals surface area contributed by atoms with Crippen LogP contribution < -0.4 is 11.5 Å². The van der Waals surface area contributed by atoms with Crippen LogP contribution in [0.25, 0.3) is 0 Å². The van der Waals surface area contributed by atoms with Crippen LogP contribution >= 0.6 is 0 Å². The molecule has 0 radical (unpaired) electrons. The molecule has 0 heterocycles. The van der Waals surface area contributed by atoms with E-state index in [9.17, 15) is 0 Å². The molecule has 0 aromatic heterocycles. The first-order chi connectivity index (χ1) is 7.47. The molecule has 0 amide bonds. The van der Waals surface area contributed by atoms with Crippen molar-refractivity contribution in [2.45, 2.75) is 13.8 Å². The molecule has 0 bridgehead atoms. The van der Waals surface area contributed by atoms with Crippen LogP contribution in [0, 0.1) is 10.8 Å². The third kappa shape index (κ3) is 2.90. The van der Waals surface area contributed by atoms with Crippen molar-refractivity contribution in [3.8, 4) is 0 Å². The molecular weight excluding hydrogens is 200 g/mol. The number of aliphatic imine (C=N–C) groups is 1. The summed E-state index contributed by atoms with van der Waals surface area (Å²) < 4.78 is 0. The number of hydrogen-bond donors (Lipinski definition) is 3. The second-order valence-electron chi connectivity index (χ2n) is 4.30. The van der Waals surface area contributed by atoms with Gasteiger partial charge in [0.25, 0.3) is 0 Å². The molecule has 5 N–H and O–H groups in total. The van der Waals surface area contributed by atoms with Crippen LogP contribution in [-0.4, -0.2) is 18.2 Å². The topological polar surface area (TPSA) is 88.2 Å². The highest BCUT2D eigenvalue weighted by Gasteiger charge is 2.21. The van der Waals surface area contributed by atoms with Gasteiger partial charge in [-0.15, -0.1) is 0 Å². The van der Waals surface area contributed by atoms with Gasteiger partial charge in [-0.3, -0.25) is 5.41 Å². The lowest BCUT2D eigenvalue weighted by molar-refractivity contribution is 0.533. The first-order valence-electron chi connectivity index (χ1n) is 5.16. The van der Waals surface area contributed by atoms with Crippen molar-refractivity contribution in [2.24, 2.45) is 21.9 Å². The van der Waals surface area contributed by atoms with Crippen LogP contribution in [0.4, 0.5) is 0 Å². The normalized spacial score (nSPS) is 12.6. The summed E-state index contributed by atoms with van der Waals surface area (Å²) in [4.78, 5) is 4.09. The molecule has 0 spiro atoms. The Kier molecular flexibility index (Phi) is 3.79. The van der Waals surface area contributed by atoms with E-state index in [2.05, 4.69) is 4.99 Å². The van der Waals surface area contributed by atoms with Crippen molar-refractivity contribution < 1.29 is 0 Å². The van der Waals surface area contributed by atoms with Gasteiger partial charge in [0.2, 0.25) is 0 Å². The zero-order valence-electron chi connectivity index (χ0n) is 9.70. The SMILES string of the molecule is CC(C)(CN)C(N)=NC(=N)c1ccccc1. The number of nitrogens with two attached hydrogens (primary N) is 2. The Bertz CT molecular complexity index is 393. The molecule has 0 fully saturated rings. The largest absolute Gasteiger partial charge is 0.387 e. The van der Waals surface area contributed by atoms with Gasteiger partial charge in [0, 0.05) is 17.5 Å². The van der Waals surface area contributed by atoms with Gasteiger partial charge in [0.1, 0.15) is 5.84 Å². The highest BCUT2D eigenvalue weighted by atomic mass is 14.9. The van der Waals surface area contributed by atoms with Crippen molar-refractivity contribution in [1.29, 1.82) is 5.41 Å². The van der Waals surface area contributed by atoms with E-state index in [4.69, 9.17) is 16.9 Å². The average Bonchev–Trinajstić information content (AvgIpc) is 2.30. The highest BCUT2D eigenvalue weighted by Crippen LogP contribution is 2.13. The summed E-state index contributed by atoms with van der Waals surface area (Å²) in [6.45, 7) is 4.22. The number of nitrogens with one attached hydrogen (secondary N) is 1. The molecule has 0 atom stereocenters. The molecule has 86 valence electrons. The molecule has 4 heteroatoms. The molecule has 0 aliphatic rings. The zero-order valence-corrected chi connectivity index (χ0v) is 9.70. The minimum absolute atomic E-state index is 0.166. The van der Waals surface area contributed by atoms with Crippen molar-refractivity contribution in [3.63, 3.8) is 0 Å². The van der Waals surface area contributed by atoms with E-state index < -0.39 is 0 Å². The van der Waals surface area contributed by atoms with Crippen LogP contribution in [0.3, 0.4) is 0 Å². The molecular formula is C12H18N4. The van der Waals surface area contributed by atoms with Crippen LogP contribution in [0.1, 0.15) is 19.4 Å². The first kappa shape index (κ1) is 12.4. The van der Waals surface area contributed by atoms with E-state index in [-0.39, 0.29) is 11.3 Å². The van der Waals surface area contributed by atoms with Crippen LogP contribution in [-0.2, 0) is 0 Å². The average molecular weight is 218 g/mol. The van der Waals surface area contributed by atoms with Crippen molar-refractivity contribution >= 4 is 11.7 Å². The fraction of sp³-hybridized carbons (Fsp3) is 0.333. The zero-order chi connectivity index (χ0) is 12.2. The maximum Gasteiger partial charge on any atom is 0.153 e. The molecule has 4 nitrogen and oxygen atoms in total. The summed E-state index contributed by atoms with van der Waals surface area (Å²) in [5.74, 6) is 0.559. The van der Waals surface area contributed by atoms with Gasteiger partial charge in [-0.2, -0.15) is 0 Å². The Morgan fingerprint density at radius 3 is 2.38 bits per heavy atom. The predicted molar refractivity (Wildman–Crippen MR) is 67.7 cm³/mol. The standard InChI is InChI=1S/C12H18N4/c1-12(2,8-13)11(15)16-10(14)9-6-4-3-5-7-9/h3-7H,8,13H2,1-2H3,(H3,14,15,16). The Hall–Kier alpha value is -1.68. The van der Waals surface area contributed by atoms with E-state index in [0.717, 1.165) is 5.56 Å². The first-order valence-corrected chi connectivity index (χ1v) is 5.16. The maximum atomic E-state index is 7.81. The Morgan fingerprint density at radius 1 is 1.31 bits per heavy atom. The second-order valence-corrected chi connectivity index (χ2v) is 4.30. The molecule has 0 aliphatic carbocycles. The van der Waals surface area contributed by atoms with Gasteiger partial charge in [-0.1, -0.05) is 44.2 Å². The molecule has 1 aromatic carbocycles. The lowest BCUT2D eigenvalue weighted by Crippen LogP contribution is -2.38.